The molecule has 0 saturated carbocycles. The summed E-state index contributed by atoms with van der Waals surface area (Å²) in [4.78, 5) is 0. The molecule has 0 aliphatic carbocycles. The summed E-state index contributed by atoms with van der Waals surface area (Å²) in [7, 11) is 2.02. The monoisotopic (exact) mass is 226 g/mol. The lowest BCUT2D eigenvalue weighted by Gasteiger charge is -1.96. The van der Waals surface area contributed by atoms with E-state index in [1.165, 1.54) is 5.56 Å². The molecule has 17 heavy (non-hydrogen) atoms. The lowest BCUT2D eigenvalue weighted by Crippen LogP contribution is -2.30. The van der Waals surface area contributed by atoms with Crippen molar-refractivity contribution in [1.29, 1.82) is 0 Å². The summed E-state index contributed by atoms with van der Waals surface area (Å²) in [5.74, 6) is 0.295. The van der Waals surface area contributed by atoms with Crippen LogP contribution in [0, 0.1) is 6.92 Å². The van der Waals surface area contributed by atoms with E-state index in [2.05, 4.69) is 29.7 Å². The first-order chi connectivity index (χ1) is 8.15. The number of aromatic nitrogens is 1. The Morgan fingerprint density at radius 3 is 2.47 bits per heavy atom. The number of pyridine rings is 1. The summed E-state index contributed by atoms with van der Waals surface area (Å²) in [5.41, 5.74) is 3.47. The second kappa shape index (κ2) is 4.83. The highest BCUT2D eigenvalue weighted by Crippen LogP contribution is 2.12. The molecule has 1 aromatic heterocycles. The summed E-state index contributed by atoms with van der Waals surface area (Å²) in [6, 6.07) is 11.4. The van der Waals surface area contributed by atoms with Crippen molar-refractivity contribution in [2.45, 2.75) is 6.92 Å². The summed E-state index contributed by atoms with van der Waals surface area (Å²) in [6.45, 7) is 2.08. The van der Waals surface area contributed by atoms with E-state index in [1.54, 1.807) is 12.1 Å². The predicted octanol–water partition coefficient (Wildman–Crippen LogP) is 2.70. The maximum atomic E-state index is 9.19. The highest BCUT2D eigenvalue weighted by atomic mass is 16.3. The van der Waals surface area contributed by atoms with Crippen LogP contribution in [0.2, 0.25) is 0 Å². The molecule has 0 aliphatic rings. The first-order valence-corrected chi connectivity index (χ1v) is 5.58. The van der Waals surface area contributed by atoms with Crippen molar-refractivity contribution < 1.29 is 9.67 Å². The Bertz CT molecular complexity index is 541. The van der Waals surface area contributed by atoms with Crippen LogP contribution >= 0.6 is 0 Å². The van der Waals surface area contributed by atoms with Gasteiger partial charge in [-0.15, -0.1) is 0 Å². The Labute approximate surface area is 101 Å². The molecule has 2 nitrogen and oxygen atoms in total. The van der Waals surface area contributed by atoms with E-state index in [-0.39, 0.29) is 0 Å². The topological polar surface area (TPSA) is 24.1 Å². The third kappa shape index (κ3) is 2.94. The average molecular weight is 226 g/mol. The molecule has 2 heteroatoms. The van der Waals surface area contributed by atoms with Crippen LogP contribution in [0.25, 0.3) is 12.2 Å². The highest BCUT2D eigenvalue weighted by molar-refractivity contribution is 5.67. The minimum Gasteiger partial charge on any atom is -0.508 e. The average Bonchev–Trinajstić information content (AvgIpc) is 2.32. The molecule has 0 fully saturated rings. The van der Waals surface area contributed by atoms with Gasteiger partial charge >= 0.3 is 0 Å². The van der Waals surface area contributed by atoms with Gasteiger partial charge in [0.15, 0.2) is 6.20 Å². The van der Waals surface area contributed by atoms with E-state index in [1.807, 2.05) is 31.5 Å². The molecule has 1 heterocycles. The molecule has 86 valence electrons. The third-order valence-corrected chi connectivity index (χ3v) is 2.68. The van der Waals surface area contributed by atoms with E-state index in [4.69, 9.17) is 0 Å². The zero-order valence-electron chi connectivity index (χ0n) is 10.1. The molecule has 0 bridgehead atoms. The van der Waals surface area contributed by atoms with Crippen LogP contribution < -0.4 is 4.57 Å². The maximum absolute atomic E-state index is 9.19. The molecule has 0 radical (unpaired) electrons. The van der Waals surface area contributed by atoms with Gasteiger partial charge in [0.1, 0.15) is 12.8 Å². The number of benzene rings is 1. The van der Waals surface area contributed by atoms with Gasteiger partial charge in [0.25, 0.3) is 0 Å². The summed E-state index contributed by atoms with van der Waals surface area (Å²) in [6.07, 6.45) is 6.15. The number of rotatable bonds is 2. The minimum absolute atomic E-state index is 0.295. The molecule has 1 aromatic carbocycles. The van der Waals surface area contributed by atoms with Crippen LogP contribution in [0.4, 0.5) is 0 Å². The summed E-state index contributed by atoms with van der Waals surface area (Å²) < 4.78 is 2.07. The molecule has 0 unspecified atom stereocenters. The Hall–Kier alpha value is -2.09. The van der Waals surface area contributed by atoms with E-state index in [0.29, 0.717) is 5.75 Å². The van der Waals surface area contributed by atoms with Gasteiger partial charge in [-0.1, -0.05) is 12.1 Å². The number of aromatic hydroxyl groups is 1. The molecule has 1 N–H and O–H groups in total. The fraction of sp³-hybridized carbons (Fsp3) is 0.133. The zero-order chi connectivity index (χ0) is 12.3. The largest absolute Gasteiger partial charge is 0.508 e. The molecule has 2 rings (SSSR count). The zero-order valence-corrected chi connectivity index (χ0v) is 10.1. The SMILES string of the molecule is Cc1cc[n+](C)c(/C=C/c2ccc(O)cc2)c1. The fourth-order valence-electron chi connectivity index (χ4n) is 1.63. The molecule has 0 amide bonds. The number of phenolic OH excluding ortho intramolecular Hbond substituents is 1. The van der Waals surface area contributed by atoms with Gasteiger partial charge in [-0.25, -0.2) is 4.57 Å². The molecule has 0 saturated heterocycles. The van der Waals surface area contributed by atoms with Gasteiger partial charge in [0, 0.05) is 18.2 Å². The number of nitrogens with zero attached hydrogens (tertiary/aromatic N) is 1. The van der Waals surface area contributed by atoms with Gasteiger partial charge in [-0.2, -0.15) is 0 Å². The molecular weight excluding hydrogens is 210 g/mol. The van der Waals surface area contributed by atoms with E-state index < -0.39 is 0 Å². The summed E-state index contributed by atoms with van der Waals surface area (Å²) >= 11 is 0. The van der Waals surface area contributed by atoms with Crippen LogP contribution in [0.5, 0.6) is 5.75 Å². The Morgan fingerprint density at radius 1 is 1.06 bits per heavy atom. The summed E-state index contributed by atoms with van der Waals surface area (Å²) in [5, 5.41) is 9.19. The van der Waals surface area contributed by atoms with Crippen molar-refractivity contribution in [3.63, 3.8) is 0 Å². The number of hydrogen-bond acceptors (Lipinski definition) is 1. The van der Waals surface area contributed by atoms with Crippen molar-refractivity contribution in [1.82, 2.24) is 0 Å². The van der Waals surface area contributed by atoms with Crippen molar-refractivity contribution in [2.24, 2.45) is 7.05 Å². The normalized spacial score (nSPS) is 10.9. The van der Waals surface area contributed by atoms with Gasteiger partial charge in [-0.05, 0) is 36.3 Å². The van der Waals surface area contributed by atoms with Crippen molar-refractivity contribution >= 4 is 12.2 Å². The standard InChI is InChI=1S/C15H15NO/c1-12-9-10-16(2)14(11-12)6-3-13-4-7-15(17)8-5-13/h3-11H,1-2H3/p+1. The van der Waals surface area contributed by atoms with Crippen molar-refractivity contribution in [3.8, 4) is 5.75 Å². The van der Waals surface area contributed by atoms with Crippen LogP contribution in [0.3, 0.4) is 0 Å². The Morgan fingerprint density at radius 2 is 1.76 bits per heavy atom. The maximum Gasteiger partial charge on any atom is 0.205 e. The second-order valence-corrected chi connectivity index (χ2v) is 4.16. The Balaban J connectivity index is 2.25. The third-order valence-electron chi connectivity index (χ3n) is 2.68. The van der Waals surface area contributed by atoms with Crippen LogP contribution in [0.15, 0.2) is 42.6 Å². The van der Waals surface area contributed by atoms with Crippen LogP contribution in [-0.2, 0) is 7.05 Å². The van der Waals surface area contributed by atoms with Gasteiger partial charge in [-0.3, -0.25) is 0 Å². The van der Waals surface area contributed by atoms with Crippen molar-refractivity contribution in [3.05, 3.63) is 59.4 Å². The lowest BCUT2D eigenvalue weighted by atomic mass is 10.1. The first-order valence-electron chi connectivity index (χ1n) is 5.58. The van der Waals surface area contributed by atoms with E-state index in [0.717, 1.165) is 11.3 Å². The molecule has 0 spiro atoms. The first kappa shape index (κ1) is 11.4. The Kier molecular flexibility index (Phi) is 3.24. The smallest absolute Gasteiger partial charge is 0.205 e. The molecule has 2 aromatic rings. The minimum atomic E-state index is 0.295. The van der Waals surface area contributed by atoms with E-state index >= 15 is 0 Å². The highest BCUT2D eigenvalue weighted by Gasteiger charge is 2.01. The van der Waals surface area contributed by atoms with Gasteiger partial charge < -0.3 is 5.11 Å². The number of aryl methyl sites for hydroxylation is 2. The van der Waals surface area contributed by atoms with Gasteiger partial charge in [0.05, 0.1) is 0 Å². The van der Waals surface area contributed by atoms with Crippen LogP contribution in [-0.4, -0.2) is 5.11 Å². The lowest BCUT2D eigenvalue weighted by molar-refractivity contribution is -0.673. The van der Waals surface area contributed by atoms with Crippen molar-refractivity contribution in [2.75, 3.05) is 0 Å². The van der Waals surface area contributed by atoms with Gasteiger partial charge in [0.2, 0.25) is 5.69 Å². The molecular formula is C15H16NO+. The quantitative estimate of drug-likeness (QED) is 0.782. The second-order valence-electron chi connectivity index (χ2n) is 4.16. The van der Waals surface area contributed by atoms with Crippen LogP contribution in [0.1, 0.15) is 16.8 Å². The van der Waals surface area contributed by atoms with E-state index in [9.17, 15) is 5.11 Å². The number of hydrogen-bond donors (Lipinski definition) is 1. The molecule has 0 atom stereocenters. The predicted molar refractivity (Wildman–Crippen MR) is 69.4 cm³/mol. The number of phenols is 1. The fourth-order valence-corrected chi connectivity index (χ4v) is 1.63. The molecule has 0 aliphatic heterocycles.